The molecule has 0 aromatic heterocycles. The Kier molecular flexibility index (Phi) is 5.67. The van der Waals surface area contributed by atoms with Crippen LogP contribution >= 0.6 is 0 Å². The van der Waals surface area contributed by atoms with E-state index < -0.39 is 0 Å². The molecule has 1 aliphatic carbocycles. The lowest BCUT2D eigenvalue weighted by Gasteiger charge is -2.48. The number of aliphatic hydroxyl groups excluding tert-OH is 1. The van der Waals surface area contributed by atoms with Crippen molar-refractivity contribution in [2.45, 2.75) is 82.8 Å². The highest BCUT2D eigenvalue weighted by Crippen LogP contribution is 2.34. The molecule has 0 radical (unpaired) electrons. The third-order valence-corrected chi connectivity index (χ3v) is 5.29. The van der Waals surface area contributed by atoms with Gasteiger partial charge >= 0.3 is 0 Å². The molecule has 3 heteroatoms. The average molecular weight is 268 g/mol. The van der Waals surface area contributed by atoms with Crippen molar-refractivity contribution in [3.05, 3.63) is 0 Å². The first-order valence-electron chi connectivity index (χ1n) is 8.36. The summed E-state index contributed by atoms with van der Waals surface area (Å²) in [6, 6.07) is 1.47. The number of nitrogens with one attached hydrogen (secondary N) is 1. The molecule has 3 unspecified atom stereocenters. The molecule has 0 amide bonds. The quantitative estimate of drug-likeness (QED) is 0.804. The van der Waals surface area contributed by atoms with Crippen LogP contribution in [0.2, 0.25) is 0 Å². The molecule has 3 nitrogen and oxygen atoms in total. The number of nitrogens with zero attached hydrogens (tertiary/aromatic N) is 1. The summed E-state index contributed by atoms with van der Waals surface area (Å²) in [5, 5.41) is 13.4. The van der Waals surface area contributed by atoms with E-state index in [1.54, 1.807) is 0 Å². The van der Waals surface area contributed by atoms with Crippen LogP contribution < -0.4 is 5.32 Å². The third-order valence-electron chi connectivity index (χ3n) is 5.29. The lowest BCUT2D eigenvalue weighted by molar-refractivity contribution is 0.0227. The molecule has 2 rings (SSSR count). The van der Waals surface area contributed by atoms with Crippen LogP contribution in [0.15, 0.2) is 0 Å². The minimum Gasteiger partial charge on any atom is -0.394 e. The molecule has 0 aromatic carbocycles. The molecule has 112 valence electrons. The minimum atomic E-state index is -0.00654. The maximum atomic E-state index is 9.83. The van der Waals surface area contributed by atoms with Crippen molar-refractivity contribution in [3.63, 3.8) is 0 Å². The zero-order valence-electron chi connectivity index (χ0n) is 12.8. The first-order chi connectivity index (χ1) is 9.24. The number of piperidine rings is 1. The van der Waals surface area contributed by atoms with Crippen LogP contribution in [-0.2, 0) is 0 Å². The lowest BCUT2D eigenvalue weighted by atomic mass is 9.77. The summed E-state index contributed by atoms with van der Waals surface area (Å²) in [4.78, 5) is 2.77. The van der Waals surface area contributed by atoms with Crippen LogP contribution in [0.1, 0.15) is 65.2 Å². The molecular formula is C16H32N2O. The lowest BCUT2D eigenvalue weighted by Crippen LogP contribution is -2.57. The molecule has 1 aliphatic heterocycles. The van der Waals surface area contributed by atoms with Gasteiger partial charge < -0.3 is 10.4 Å². The van der Waals surface area contributed by atoms with E-state index >= 15 is 0 Å². The fourth-order valence-electron chi connectivity index (χ4n) is 4.29. The normalized spacial score (nSPS) is 37.4. The maximum absolute atomic E-state index is 9.83. The molecule has 1 saturated heterocycles. The number of likely N-dealkylation sites (N-methyl/N-ethyl adjacent to an activating group) is 1. The van der Waals surface area contributed by atoms with Gasteiger partial charge in [0.05, 0.1) is 6.61 Å². The zero-order valence-corrected chi connectivity index (χ0v) is 12.8. The van der Waals surface area contributed by atoms with Crippen LogP contribution in [0.3, 0.4) is 0 Å². The highest BCUT2D eigenvalue weighted by atomic mass is 16.3. The number of rotatable bonds is 5. The summed E-state index contributed by atoms with van der Waals surface area (Å²) in [6.45, 7) is 7.01. The van der Waals surface area contributed by atoms with Crippen molar-refractivity contribution in [1.29, 1.82) is 0 Å². The fraction of sp³-hybridized carbons (Fsp3) is 1.00. The fourth-order valence-corrected chi connectivity index (χ4v) is 4.29. The van der Waals surface area contributed by atoms with Gasteiger partial charge in [-0.1, -0.05) is 20.3 Å². The van der Waals surface area contributed by atoms with E-state index in [1.165, 1.54) is 45.1 Å². The van der Waals surface area contributed by atoms with Gasteiger partial charge in [-0.3, -0.25) is 4.90 Å². The highest BCUT2D eigenvalue weighted by molar-refractivity contribution is 4.97. The SMILES string of the molecule is CCNC1(CO)CCCC(N2CCCCC2CC)C1. The predicted molar refractivity (Wildman–Crippen MR) is 80.4 cm³/mol. The van der Waals surface area contributed by atoms with Crippen molar-refractivity contribution in [2.75, 3.05) is 19.7 Å². The van der Waals surface area contributed by atoms with Gasteiger partial charge in [-0.2, -0.15) is 0 Å². The first-order valence-corrected chi connectivity index (χ1v) is 8.36. The van der Waals surface area contributed by atoms with Gasteiger partial charge in [0.15, 0.2) is 0 Å². The van der Waals surface area contributed by atoms with E-state index in [1.807, 2.05) is 0 Å². The molecular weight excluding hydrogens is 236 g/mol. The standard InChI is InChI=1S/C16H32N2O/c1-3-14-8-5-6-11-18(14)15-9-7-10-16(12-15,13-19)17-4-2/h14-15,17,19H,3-13H2,1-2H3. The number of likely N-dealkylation sites (tertiary alicyclic amines) is 1. The van der Waals surface area contributed by atoms with Crippen LogP contribution in [0, 0.1) is 0 Å². The topological polar surface area (TPSA) is 35.5 Å². The average Bonchev–Trinajstić information content (AvgIpc) is 2.47. The molecule has 2 aliphatic rings. The largest absolute Gasteiger partial charge is 0.394 e. The minimum absolute atomic E-state index is 0.00654. The Hall–Kier alpha value is -0.120. The molecule has 2 fully saturated rings. The monoisotopic (exact) mass is 268 g/mol. The smallest absolute Gasteiger partial charge is 0.0613 e. The number of hydrogen-bond acceptors (Lipinski definition) is 3. The van der Waals surface area contributed by atoms with Crippen molar-refractivity contribution >= 4 is 0 Å². The molecule has 1 saturated carbocycles. The van der Waals surface area contributed by atoms with Gasteiger partial charge in [-0.05, 0) is 58.0 Å². The Morgan fingerprint density at radius 3 is 2.74 bits per heavy atom. The van der Waals surface area contributed by atoms with Gasteiger partial charge in [0.25, 0.3) is 0 Å². The Morgan fingerprint density at radius 2 is 2.05 bits per heavy atom. The van der Waals surface area contributed by atoms with Crippen molar-refractivity contribution in [2.24, 2.45) is 0 Å². The van der Waals surface area contributed by atoms with E-state index in [2.05, 4.69) is 24.1 Å². The first kappa shape index (κ1) is 15.3. The molecule has 0 aromatic rings. The summed E-state index contributed by atoms with van der Waals surface area (Å²) in [5.41, 5.74) is -0.00654. The summed E-state index contributed by atoms with van der Waals surface area (Å²) in [5.74, 6) is 0. The molecule has 1 heterocycles. The second-order valence-corrected chi connectivity index (χ2v) is 6.51. The van der Waals surface area contributed by atoms with Gasteiger partial charge in [0, 0.05) is 17.6 Å². The highest BCUT2D eigenvalue weighted by Gasteiger charge is 2.39. The molecule has 3 atom stereocenters. The van der Waals surface area contributed by atoms with Crippen LogP contribution in [0.25, 0.3) is 0 Å². The zero-order chi connectivity index (χ0) is 13.7. The van der Waals surface area contributed by atoms with Crippen molar-refractivity contribution in [3.8, 4) is 0 Å². The van der Waals surface area contributed by atoms with Crippen molar-refractivity contribution in [1.82, 2.24) is 10.2 Å². The van der Waals surface area contributed by atoms with Gasteiger partial charge in [0.2, 0.25) is 0 Å². The Bertz CT molecular complexity index is 267. The molecule has 2 N–H and O–H groups in total. The Balaban J connectivity index is 2.02. The number of hydrogen-bond donors (Lipinski definition) is 2. The number of aliphatic hydroxyl groups is 1. The Morgan fingerprint density at radius 1 is 1.21 bits per heavy atom. The van der Waals surface area contributed by atoms with E-state index in [4.69, 9.17) is 0 Å². The molecule has 0 spiro atoms. The van der Waals surface area contributed by atoms with E-state index in [9.17, 15) is 5.11 Å². The molecule has 0 bridgehead atoms. The maximum Gasteiger partial charge on any atom is 0.0613 e. The predicted octanol–water partition coefficient (Wildman–Crippen LogP) is 2.53. The van der Waals surface area contributed by atoms with Crippen LogP contribution in [0.4, 0.5) is 0 Å². The molecule has 19 heavy (non-hydrogen) atoms. The van der Waals surface area contributed by atoms with E-state index in [-0.39, 0.29) is 5.54 Å². The van der Waals surface area contributed by atoms with Gasteiger partial charge in [-0.25, -0.2) is 0 Å². The Labute approximate surface area is 118 Å². The van der Waals surface area contributed by atoms with Gasteiger partial charge in [0.1, 0.15) is 0 Å². The summed E-state index contributed by atoms with van der Waals surface area (Å²) in [7, 11) is 0. The van der Waals surface area contributed by atoms with E-state index in [0.29, 0.717) is 12.6 Å². The van der Waals surface area contributed by atoms with E-state index in [0.717, 1.165) is 25.4 Å². The van der Waals surface area contributed by atoms with Crippen molar-refractivity contribution < 1.29 is 5.11 Å². The third kappa shape index (κ3) is 3.50. The summed E-state index contributed by atoms with van der Waals surface area (Å²) < 4.78 is 0. The summed E-state index contributed by atoms with van der Waals surface area (Å²) >= 11 is 0. The van der Waals surface area contributed by atoms with Crippen LogP contribution in [-0.4, -0.2) is 47.3 Å². The summed E-state index contributed by atoms with van der Waals surface area (Å²) in [6.07, 6.45) is 10.3. The van der Waals surface area contributed by atoms with Gasteiger partial charge in [-0.15, -0.1) is 0 Å². The second kappa shape index (κ2) is 7.05. The van der Waals surface area contributed by atoms with Crippen LogP contribution in [0.5, 0.6) is 0 Å². The second-order valence-electron chi connectivity index (χ2n) is 6.51.